The van der Waals surface area contributed by atoms with Gasteiger partial charge in [0.15, 0.2) is 5.96 Å². The minimum absolute atomic E-state index is 0.0626. The predicted molar refractivity (Wildman–Crippen MR) is 127 cm³/mol. The highest BCUT2D eigenvalue weighted by Gasteiger charge is 2.23. The van der Waals surface area contributed by atoms with Gasteiger partial charge < -0.3 is 20.7 Å². The minimum atomic E-state index is -0.0626. The normalized spacial score (nSPS) is 16.0. The van der Waals surface area contributed by atoms with Gasteiger partial charge in [-0.05, 0) is 42.5 Å². The molecule has 2 heterocycles. The molecule has 1 aliphatic rings. The number of aliphatic imine (C=N–C) groups is 1. The Hall–Kier alpha value is -2.42. The van der Waals surface area contributed by atoms with E-state index in [1.807, 2.05) is 24.3 Å². The molecule has 2 aromatic rings. The first-order valence-electron chi connectivity index (χ1n) is 10.9. The van der Waals surface area contributed by atoms with Gasteiger partial charge in [0.2, 0.25) is 0 Å². The Balaban J connectivity index is 1.60. The summed E-state index contributed by atoms with van der Waals surface area (Å²) in [6, 6.07) is 12.3. The average molecular weight is 444 g/mol. The van der Waals surface area contributed by atoms with E-state index in [4.69, 9.17) is 9.73 Å². The average Bonchev–Trinajstić information content (AvgIpc) is 3.34. The summed E-state index contributed by atoms with van der Waals surface area (Å²) < 4.78 is 5.53. The number of hydrogen-bond acceptors (Lipinski definition) is 5. The monoisotopic (exact) mass is 443 g/mol. The second-order valence-electron chi connectivity index (χ2n) is 7.36. The molecule has 0 radical (unpaired) electrons. The standard InChI is InChI=1S/C23H33N5O2S/c1-3-25-23(26-10-9-18-6-4-7-19(16-18)22(29)24-2)27-17-20(21-8-5-15-31-21)28-11-13-30-14-12-28/h4-8,15-16,20H,3,9-14,17H2,1-2H3,(H,24,29)(H2,25,26,27). The topological polar surface area (TPSA) is 78.0 Å². The van der Waals surface area contributed by atoms with Gasteiger partial charge in [0.25, 0.3) is 5.91 Å². The highest BCUT2D eigenvalue weighted by Crippen LogP contribution is 2.26. The van der Waals surface area contributed by atoms with Crippen LogP contribution in [0.4, 0.5) is 0 Å². The van der Waals surface area contributed by atoms with Crippen LogP contribution < -0.4 is 16.0 Å². The number of guanidine groups is 1. The van der Waals surface area contributed by atoms with Gasteiger partial charge in [0, 0.05) is 43.7 Å². The second kappa shape index (κ2) is 12.4. The molecule has 0 saturated carbocycles. The number of hydrogen-bond donors (Lipinski definition) is 3. The highest BCUT2D eigenvalue weighted by molar-refractivity contribution is 7.10. The first-order chi connectivity index (χ1) is 15.2. The number of thiophene rings is 1. The van der Waals surface area contributed by atoms with Crippen LogP contribution in [0.1, 0.15) is 33.8 Å². The third kappa shape index (κ3) is 7.05. The molecule has 0 bridgehead atoms. The van der Waals surface area contributed by atoms with Crippen LogP contribution >= 0.6 is 11.3 Å². The zero-order chi connectivity index (χ0) is 21.9. The molecule has 168 valence electrons. The summed E-state index contributed by atoms with van der Waals surface area (Å²) in [5.74, 6) is 0.757. The number of ether oxygens (including phenoxy) is 1. The number of rotatable bonds is 9. The molecular weight excluding hydrogens is 410 g/mol. The lowest BCUT2D eigenvalue weighted by Gasteiger charge is -2.33. The van der Waals surface area contributed by atoms with Crippen molar-refractivity contribution in [1.29, 1.82) is 0 Å². The summed E-state index contributed by atoms with van der Waals surface area (Å²) in [6.45, 7) is 7.74. The largest absolute Gasteiger partial charge is 0.379 e. The Kier molecular flexibility index (Phi) is 9.33. The molecule has 1 atom stereocenters. The Morgan fingerprint density at radius 1 is 1.23 bits per heavy atom. The van der Waals surface area contributed by atoms with Gasteiger partial charge in [-0.2, -0.15) is 0 Å². The molecule has 8 heteroatoms. The quantitative estimate of drug-likeness (QED) is 0.409. The van der Waals surface area contributed by atoms with Gasteiger partial charge in [-0.1, -0.05) is 18.2 Å². The summed E-state index contributed by atoms with van der Waals surface area (Å²) >= 11 is 1.79. The second-order valence-corrected chi connectivity index (χ2v) is 8.33. The fourth-order valence-corrected chi connectivity index (χ4v) is 4.46. The first-order valence-corrected chi connectivity index (χ1v) is 11.8. The smallest absolute Gasteiger partial charge is 0.251 e. The predicted octanol–water partition coefficient (Wildman–Crippen LogP) is 2.28. The van der Waals surface area contributed by atoms with Crippen LogP contribution in [-0.4, -0.2) is 69.8 Å². The van der Waals surface area contributed by atoms with Gasteiger partial charge in [-0.25, -0.2) is 0 Å². The number of carbonyl (C=O) groups excluding carboxylic acids is 1. The molecule has 1 saturated heterocycles. The summed E-state index contributed by atoms with van der Waals surface area (Å²) in [5, 5.41) is 11.6. The van der Waals surface area contributed by atoms with Gasteiger partial charge in [-0.3, -0.25) is 14.7 Å². The Morgan fingerprint density at radius 3 is 2.77 bits per heavy atom. The van der Waals surface area contributed by atoms with Crippen molar-refractivity contribution in [2.24, 2.45) is 4.99 Å². The number of benzene rings is 1. The molecular formula is C23H33N5O2S. The van der Waals surface area contributed by atoms with E-state index in [1.54, 1.807) is 18.4 Å². The molecule has 1 aromatic heterocycles. The molecule has 1 amide bonds. The Labute approximate surface area is 188 Å². The van der Waals surface area contributed by atoms with Gasteiger partial charge in [0.1, 0.15) is 0 Å². The summed E-state index contributed by atoms with van der Waals surface area (Å²) in [7, 11) is 1.65. The van der Waals surface area contributed by atoms with Crippen LogP contribution in [0.25, 0.3) is 0 Å². The van der Waals surface area contributed by atoms with Crippen molar-refractivity contribution in [3.8, 4) is 0 Å². The number of nitrogens with zero attached hydrogens (tertiary/aromatic N) is 2. The van der Waals surface area contributed by atoms with E-state index in [9.17, 15) is 4.79 Å². The van der Waals surface area contributed by atoms with Crippen molar-refractivity contribution >= 4 is 23.2 Å². The molecule has 1 aliphatic heterocycles. The van der Waals surface area contributed by atoms with Crippen LogP contribution in [0.5, 0.6) is 0 Å². The molecule has 1 fully saturated rings. The van der Waals surface area contributed by atoms with Gasteiger partial charge in [0.05, 0.1) is 25.8 Å². The molecule has 1 aromatic carbocycles. The number of carbonyl (C=O) groups is 1. The maximum absolute atomic E-state index is 11.8. The fourth-order valence-electron chi connectivity index (χ4n) is 3.61. The third-order valence-electron chi connectivity index (χ3n) is 5.25. The van der Waals surface area contributed by atoms with E-state index in [-0.39, 0.29) is 11.9 Å². The van der Waals surface area contributed by atoms with E-state index >= 15 is 0 Å². The first kappa shape index (κ1) is 23.2. The van der Waals surface area contributed by atoms with E-state index < -0.39 is 0 Å². The minimum Gasteiger partial charge on any atom is -0.379 e. The van der Waals surface area contributed by atoms with Crippen molar-refractivity contribution < 1.29 is 9.53 Å². The highest BCUT2D eigenvalue weighted by atomic mass is 32.1. The van der Waals surface area contributed by atoms with Crippen molar-refractivity contribution in [2.75, 3.05) is 53.0 Å². The maximum atomic E-state index is 11.8. The molecule has 1 unspecified atom stereocenters. The lowest BCUT2D eigenvalue weighted by atomic mass is 10.1. The van der Waals surface area contributed by atoms with Crippen LogP contribution in [0.15, 0.2) is 46.8 Å². The number of morpholine rings is 1. The van der Waals surface area contributed by atoms with E-state index in [0.717, 1.165) is 57.3 Å². The van der Waals surface area contributed by atoms with Crippen LogP contribution in [-0.2, 0) is 11.2 Å². The molecule has 3 N–H and O–H groups in total. The van der Waals surface area contributed by atoms with Crippen molar-refractivity contribution in [3.05, 3.63) is 57.8 Å². The van der Waals surface area contributed by atoms with Crippen molar-refractivity contribution in [1.82, 2.24) is 20.9 Å². The van der Waals surface area contributed by atoms with E-state index in [1.165, 1.54) is 4.88 Å². The summed E-state index contributed by atoms with van der Waals surface area (Å²) in [5.41, 5.74) is 1.80. The molecule has 7 nitrogen and oxygen atoms in total. The van der Waals surface area contributed by atoms with Crippen LogP contribution in [0.3, 0.4) is 0 Å². The molecule has 0 aliphatic carbocycles. The lowest BCUT2D eigenvalue weighted by molar-refractivity contribution is 0.0186. The van der Waals surface area contributed by atoms with Crippen LogP contribution in [0.2, 0.25) is 0 Å². The third-order valence-corrected chi connectivity index (χ3v) is 6.22. The van der Waals surface area contributed by atoms with Crippen molar-refractivity contribution in [2.45, 2.75) is 19.4 Å². The van der Waals surface area contributed by atoms with Gasteiger partial charge in [-0.15, -0.1) is 11.3 Å². The summed E-state index contributed by atoms with van der Waals surface area (Å²) in [4.78, 5) is 20.5. The molecule has 31 heavy (non-hydrogen) atoms. The fraction of sp³-hybridized carbons (Fsp3) is 0.478. The maximum Gasteiger partial charge on any atom is 0.251 e. The van der Waals surface area contributed by atoms with E-state index in [2.05, 4.69) is 45.3 Å². The zero-order valence-corrected chi connectivity index (χ0v) is 19.2. The Morgan fingerprint density at radius 2 is 2.06 bits per heavy atom. The Bertz CT molecular complexity index is 834. The zero-order valence-electron chi connectivity index (χ0n) is 18.4. The van der Waals surface area contributed by atoms with Crippen LogP contribution in [0, 0.1) is 0 Å². The molecule has 3 rings (SSSR count). The molecule has 0 spiro atoms. The van der Waals surface area contributed by atoms with Gasteiger partial charge >= 0.3 is 0 Å². The number of amides is 1. The van der Waals surface area contributed by atoms with E-state index in [0.29, 0.717) is 12.1 Å². The SMILES string of the molecule is CCNC(=NCC(c1cccs1)N1CCOCC1)NCCc1cccc(C(=O)NC)c1. The lowest BCUT2D eigenvalue weighted by Crippen LogP contribution is -2.42. The van der Waals surface area contributed by atoms with Crippen molar-refractivity contribution in [3.63, 3.8) is 0 Å². The summed E-state index contributed by atoms with van der Waals surface area (Å²) in [6.07, 6.45) is 0.813. The number of nitrogens with one attached hydrogen (secondary N) is 3.